The Labute approximate surface area is 72.6 Å². The fraction of sp³-hybridized carbons (Fsp3) is 0.700. The van der Waals surface area contributed by atoms with Crippen LogP contribution in [0.2, 0.25) is 0 Å². The van der Waals surface area contributed by atoms with Gasteiger partial charge in [0.2, 0.25) is 0 Å². The van der Waals surface area contributed by atoms with Crippen LogP contribution in [0.3, 0.4) is 0 Å². The minimum atomic E-state index is -0.166. The van der Waals surface area contributed by atoms with E-state index in [0.717, 1.165) is 12.3 Å². The molecule has 1 fully saturated rings. The Morgan fingerprint density at radius 1 is 1.33 bits per heavy atom. The van der Waals surface area contributed by atoms with Crippen LogP contribution in [0.15, 0.2) is 12.2 Å². The lowest BCUT2D eigenvalue weighted by Crippen LogP contribution is -2.18. The lowest BCUT2D eigenvalue weighted by Gasteiger charge is -2.19. The van der Waals surface area contributed by atoms with Crippen molar-refractivity contribution < 1.29 is 9.53 Å². The molecule has 0 saturated heterocycles. The number of hydrogen-bond donors (Lipinski definition) is 0. The lowest BCUT2D eigenvalue weighted by atomic mass is 9.93. The van der Waals surface area contributed by atoms with Gasteiger partial charge in [-0.3, -0.25) is 0 Å². The van der Waals surface area contributed by atoms with Gasteiger partial charge in [0.25, 0.3) is 0 Å². The standard InChI is InChI=1S/C10H14O2/c11-10-6-2-4-8-3-1-5-9(8)7-12-10/h2,6,8-9H,1,3-5,7H2/b6-2-. The number of esters is 1. The van der Waals surface area contributed by atoms with Gasteiger partial charge in [-0.25, -0.2) is 4.79 Å². The molecule has 1 heterocycles. The third kappa shape index (κ3) is 1.52. The molecule has 0 aromatic rings. The molecule has 2 rings (SSSR count). The first kappa shape index (κ1) is 7.84. The predicted molar refractivity (Wildman–Crippen MR) is 45.5 cm³/mol. The van der Waals surface area contributed by atoms with Gasteiger partial charge in [0.1, 0.15) is 0 Å². The molecule has 0 aromatic heterocycles. The average Bonchev–Trinajstić information content (AvgIpc) is 2.45. The molecule has 2 atom stereocenters. The molecule has 66 valence electrons. The summed E-state index contributed by atoms with van der Waals surface area (Å²) in [7, 11) is 0. The second-order valence-electron chi connectivity index (χ2n) is 3.72. The Morgan fingerprint density at radius 3 is 3.08 bits per heavy atom. The maximum Gasteiger partial charge on any atom is 0.330 e. The van der Waals surface area contributed by atoms with Crippen molar-refractivity contribution >= 4 is 5.97 Å². The Kier molecular flexibility index (Phi) is 2.15. The average molecular weight is 166 g/mol. The van der Waals surface area contributed by atoms with Crippen LogP contribution in [0.1, 0.15) is 25.7 Å². The number of carbonyl (C=O) groups is 1. The van der Waals surface area contributed by atoms with Crippen molar-refractivity contribution in [1.29, 1.82) is 0 Å². The monoisotopic (exact) mass is 166 g/mol. The highest BCUT2D eigenvalue weighted by molar-refractivity contribution is 5.81. The molecule has 2 unspecified atom stereocenters. The van der Waals surface area contributed by atoms with Crippen LogP contribution >= 0.6 is 0 Å². The SMILES string of the molecule is O=C1/C=C\CC2CCCC2CO1. The summed E-state index contributed by atoms with van der Waals surface area (Å²) in [5.74, 6) is 1.24. The summed E-state index contributed by atoms with van der Waals surface area (Å²) in [5.41, 5.74) is 0. The van der Waals surface area contributed by atoms with E-state index in [1.165, 1.54) is 19.3 Å². The van der Waals surface area contributed by atoms with Crippen LogP contribution < -0.4 is 0 Å². The van der Waals surface area contributed by atoms with Crippen molar-refractivity contribution in [3.63, 3.8) is 0 Å². The maximum absolute atomic E-state index is 10.9. The maximum atomic E-state index is 10.9. The Bertz CT molecular complexity index is 208. The van der Waals surface area contributed by atoms with Crippen molar-refractivity contribution in [1.82, 2.24) is 0 Å². The number of allylic oxidation sites excluding steroid dienone is 1. The number of fused-ring (bicyclic) bond motifs is 1. The number of rotatable bonds is 0. The fourth-order valence-electron chi connectivity index (χ4n) is 2.22. The molecule has 12 heavy (non-hydrogen) atoms. The van der Waals surface area contributed by atoms with Crippen molar-refractivity contribution in [2.45, 2.75) is 25.7 Å². The van der Waals surface area contributed by atoms with Gasteiger partial charge in [0.05, 0.1) is 6.61 Å². The van der Waals surface area contributed by atoms with Gasteiger partial charge in [0, 0.05) is 6.08 Å². The summed E-state index contributed by atoms with van der Waals surface area (Å²) < 4.78 is 5.07. The highest BCUT2D eigenvalue weighted by Gasteiger charge is 2.28. The Morgan fingerprint density at radius 2 is 2.17 bits per heavy atom. The van der Waals surface area contributed by atoms with Crippen LogP contribution in [-0.4, -0.2) is 12.6 Å². The van der Waals surface area contributed by atoms with Gasteiger partial charge >= 0.3 is 5.97 Å². The normalized spacial score (nSPS) is 37.8. The summed E-state index contributed by atoms with van der Waals surface area (Å²) in [6.07, 6.45) is 8.46. The third-order valence-corrected chi connectivity index (χ3v) is 2.95. The van der Waals surface area contributed by atoms with Gasteiger partial charge in [-0.05, 0) is 31.1 Å². The van der Waals surface area contributed by atoms with Crippen molar-refractivity contribution in [2.75, 3.05) is 6.61 Å². The van der Waals surface area contributed by atoms with Crippen LogP contribution in [0.25, 0.3) is 0 Å². The zero-order valence-corrected chi connectivity index (χ0v) is 7.16. The van der Waals surface area contributed by atoms with E-state index in [0.29, 0.717) is 12.5 Å². The van der Waals surface area contributed by atoms with Gasteiger partial charge in [0.15, 0.2) is 0 Å². The molecule has 2 heteroatoms. The van der Waals surface area contributed by atoms with E-state index in [9.17, 15) is 4.79 Å². The summed E-state index contributed by atoms with van der Waals surface area (Å²) in [4.78, 5) is 10.9. The molecule has 0 spiro atoms. The molecule has 0 radical (unpaired) electrons. The molecule has 0 bridgehead atoms. The van der Waals surface area contributed by atoms with E-state index >= 15 is 0 Å². The van der Waals surface area contributed by atoms with Gasteiger partial charge in [-0.15, -0.1) is 0 Å². The van der Waals surface area contributed by atoms with Crippen molar-refractivity contribution in [3.05, 3.63) is 12.2 Å². The van der Waals surface area contributed by atoms with Crippen LogP contribution in [-0.2, 0) is 9.53 Å². The van der Waals surface area contributed by atoms with Crippen LogP contribution in [0, 0.1) is 11.8 Å². The molecule has 1 aliphatic heterocycles. The highest BCUT2D eigenvalue weighted by Crippen LogP contribution is 2.35. The zero-order chi connectivity index (χ0) is 8.39. The number of ether oxygens (including phenoxy) is 1. The molecule has 2 aliphatic rings. The van der Waals surface area contributed by atoms with Gasteiger partial charge in [-0.2, -0.15) is 0 Å². The molecule has 1 aliphatic carbocycles. The van der Waals surface area contributed by atoms with Gasteiger partial charge < -0.3 is 4.74 Å². The van der Waals surface area contributed by atoms with E-state index in [1.54, 1.807) is 6.08 Å². The van der Waals surface area contributed by atoms with Crippen molar-refractivity contribution in [3.8, 4) is 0 Å². The van der Waals surface area contributed by atoms with Gasteiger partial charge in [-0.1, -0.05) is 12.5 Å². The second kappa shape index (κ2) is 3.30. The van der Waals surface area contributed by atoms with E-state index in [1.807, 2.05) is 6.08 Å². The highest BCUT2D eigenvalue weighted by atomic mass is 16.5. The molecule has 0 aromatic carbocycles. The lowest BCUT2D eigenvalue weighted by molar-refractivity contribution is -0.139. The molecule has 0 amide bonds. The van der Waals surface area contributed by atoms with E-state index in [4.69, 9.17) is 4.74 Å². The zero-order valence-electron chi connectivity index (χ0n) is 7.16. The first-order valence-electron chi connectivity index (χ1n) is 4.69. The molecule has 0 N–H and O–H groups in total. The van der Waals surface area contributed by atoms with E-state index in [-0.39, 0.29) is 5.97 Å². The minimum Gasteiger partial charge on any atom is -0.462 e. The Balaban J connectivity index is 2.04. The largest absolute Gasteiger partial charge is 0.462 e. The number of hydrogen-bond acceptors (Lipinski definition) is 2. The molecule has 2 nitrogen and oxygen atoms in total. The van der Waals surface area contributed by atoms with Crippen LogP contribution in [0.5, 0.6) is 0 Å². The van der Waals surface area contributed by atoms with E-state index < -0.39 is 0 Å². The summed E-state index contributed by atoms with van der Waals surface area (Å²) >= 11 is 0. The first-order chi connectivity index (χ1) is 5.86. The number of cyclic esters (lactones) is 1. The summed E-state index contributed by atoms with van der Waals surface area (Å²) in [6.45, 7) is 0.647. The van der Waals surface area contributed by atoms with Crippen molar-refractivity contribution in [2.24, 2.45) is 11.8 Å². The topological polar surface area (TPSA) is 26.3 Å². The first-order valence-corrected chi connectivity index (χ1v) is 4.69. The van der Waals surface area contributed by atoms with Crippen LogP contribution in [0.4, 0.5) is 0 Å². The predicted octanol–water partition coefficient (Wildman–Crippen LogP) is 1.91. The summed E-state index contributed by atoms with van der Waals surface area (Å²) in [6, 6.07) is 0. The quantitative estimate of drug-likeness (QED) is 0.514. The molecular weight excluding hydrogens is 152 g/mol. The third-order valence-electron chi connectivity index (χ3n) is 2.95. The second-order valence-corrected chi connectivity index (χ2v) is 3.72. The smallest absolute Gasteiger partial charge is 0.330 e. The molecule has 1 saturated carbocycles. The Hall–Kier alpha value is -0.790. The number of carbonyl (C=O) groups excluding carboxylic acids is 1. The minimum absolute atomic E-state index is 0.166. The van der Waals surface area contributed by atoms with E-state index in [2.05, 4.69) is 0 Å². The molecular formula is C10H14O2. The summed E-state index contributed by atoms with van der Waals surface area (Å²) in [5, 5.41) is 0. The fourth-order valence-corrected chi connectivity index (χ4v) is 2.22.